The standard InChI is InChI=1S/C19H17IN2O6/c1-26-17(23)14(21-18(24)27-10-11-5-3-2-4-6-11)8-12-7-13(20)16-15(9-12)28-19(25)22-16/h2-7,9,14H,8,10H2,1H3,(H,21,24)(H,22,25)/t14-/m1/s1. The fourth-order valence-corrected chi connectivity index (χ4v) is 3.46. The second-order valence-corrected chi connectivity index (χ2v) is 7.11. The number of aromatic amines is 1. The van der Waals surface area contributed by atoms with Gasteiger partial charge in [0.25, 0.3) is 0 Å². The molecule has 0 aliphatic carbocycles. The number of halogens is 1. The molecule has 0 saturated heterocycles. The number of ether oxygens (including phenoxy) is 2. The van der Waals surface area contributed by atoms with Gasteiger partial charge in [-0.25, -0.2) is 14.4 Å². The van der Waals surface area contributed by atoms with Gasteiger partial charge in [-0.1, -0.05) is 30.3 Å². The largest absolute Gasteiger partial charge is 0.467 e. The van der Waals surface area contributed by atoms with Crippen molar-refractivity contribution in [1.29, 1.82) is 0 Å². The summed E-state index contributed by atoms with van der Waals surface area (Å²) >= 11 is 2.06. The molecule has 0 aliphatic heterocycles. The van der Waals surface area contributed by atoms with Crippen LogP contribution in [-0.4, -0.2) is 30.2 Å². The molecule has 1 atom stereocenters. The Bertz CT molecular complexity index is 1040. The van der Waals surface area contributed by atoms with Crippen LogP contribution in [0.2, 0.25) is 0 Å². The lowest BCUT2D eigenvalue weighted by Gasteiger charge is -2.17. The number of rotatable bonds is 6. The molecule has 3 aromatic rings. The zero-order chi connectivity index (χ0) is 20.1. The molecule has 3 rings (SSSR count). The van der Waals surface area contributed by atoms with Gasteiger partial charge >= 0.3 is 17.8 Å². The number of esters is 1. The van der Waals surface area contributed by atoms with Gasteiger partial charge < -0.3 is 19.2 Å². The van der Waals surface area contributed by atoms with Crippen molar-refractivity contribution in [1.82, 2.24) is 10.3 Å². The molecular formula is C19H17IN2O6. The van der Waals surface area contributed by atoms with E-state index >= 15 is 0 Å². The highest BCUT2D eigenvalue weighted by molar-refractivity contribution is 14.1. The number of amides is 1. The van der Waals surface area contributed by atoms with Crippen LogP contribution in [0.25, 0.3) is 11.1 Å². The number of nitrogens with one attached hydrogen (secondary N) is 2. The van der Waals surface area contributed by atoms with Crippen molar-refractivity contribution < 1.29 is 23.5 Å². The van der Waals surface area contributed by atoms with Crippen LogP contribution in [0.5, 0.6) is 0 Å². The minimum atomic E-state index is -0.952. The lowest BCUT2D eigenvalue weighted by atomic mass is 10.1. The van der Waals surface area contributed by atoms with Crippen molar-refractivity contribution in [3.05, 3.63) is 67.7 Å². The summed E-state index contributed by atoms with van der Waals surface area (Å²) in [6.07, 6.45) is -0.586. The molecule has 1 heterocycles. The van der Waals surface area contributed by atoms with Crippen molar-refractivity contribution in [2.24, 2.45) is 0 Å². The van der Waals surface area contributed by atoms with Crippen LogP contribution in [-0.2, 0) is 27.3 Å². The molecule has 0 spiro atoms. The Kier molecular flexibility index (Phi) is 6.34. The average Bonchev–Trinajstić information content (AvgIpc) is 3.07. The average molecular weight is 496 g/mol. The van der Waals surface area contributed by atoms with Crippen molar-refractivity contribution in [2.45, 2.75) is 19.1 Å². The number of carbonyl (C=O) groups excluding carboxylic acids is 2. The predicted octanol–water partition coefficient (Wildman–Crippen LogP) is 2.74. The molecule has 0 radical (unpaired) electrons. The molecular weight excluding hydrogens is 479 g/mol. The number of aromatic nitrogens is 1. The number of hydrogen-bond donors (Lipinski definition) is 2. The number of oxazole rings is 1. The van der Waals surface area contributed by atoms with Gasteiger partial charge in [0.2, 0.25) is 0 Å². The fraction of sp³-hybridized carbons (Fsp3) is 0.211. The summed E-state index contributed by atoms with van der Waals surface area (Å²) < 4.78 is 15.8. The quantitative estimate of drug-likeness (QED) is 0.401. The number of H-pyrrole nitrogens is 1. The first-order valence-electron chi connectivity index (χ1n) is 8.32. The van der Waals surface area contributed by atoms with E-state index in [0.717, 1.165) is 9.13 Å². The maximum Gasteiger partial charge on any atom is 0.417 e. The third-order valence-electron chi connectivity index (χ3n) is 3.97. The Hall–Kier alpha value is -2.82. The second-order valence-electron chi connectivity index (χ2n) is 5.95. The summed E-state index contributed by atoms with van der Waals surface area (Å²) in [4.78, 5) is 38.2. The van der Waals surface area contributed by atoms with Crippen LogP contribution < -0.4 is 11.1 Å². The van der Waals surface area contributed by atoms with Gasteiger partial charge in [-0.2, -0.15) is 0 Å². The highest BCUT2D eigenvalue weighted by Gasteiger charge is 2.23. The second kappa shape index (κ2) is 8.91. The highest BCUT2D eigenvalue weighted by Crippen LogP contribution is 2.21. The molecule has 146 valence electrons. The number of fused-ring (bicyclic) bond motifs is 1. The molecule has 0 saturated carbocycles. The predicted molar refractivity (Wildman–Crippen MR) is 109 cm³/mol. The van der Waals surface area contributed by atoms with Crippen LogP contribution >= 0.6 is 22.6 Å². The fourth-order valence-electron chi connectivity index (χ4n) is 2.66. The molecule has 0 aliphatic rings. The van der Waals surface area contributed by atoms with Crippen molar-refractivity contribution >= 4 is 45.8 Å². The minimum Gasteiger partial charge on any atom is -0.467 e. The SMILES string of the molecule is COC(=O)[C@@H](Cc1cc(I)c2[nH]c(=O)oc2c1)NC(=O)OCc1ccccc1. The molecule has 0 fully saturated rings. The maximum atomic E-state index is 12.1. The van der Waals surface area contributed by atoms with E-state index in [1.54, 1.807) is 12.1 Å². The number of benzene rings is 2. The highest BCUT2D eigenvalue weighted by atomic mass is 127. The maximum absolute atomic E-state index is 12.1. The van der Waals surface area contributed by atoms with Crippen LogP contribution in [0.3, 0.4) is 0 Å². The Balaban J connectivity index is 1.70. The lowest BCUT2D eigenvalue weighted by Crippen LogP contribution is -2.43. The molecule has 8 nitrogen and oxygen atoms in total. The third-order valence-corrected chi connectivity index (χ3v) is 4.82. The topological polar surface area (TPSA) is 111 Å². The van der Waals surface area contributed by atoms with Crippen LogP contribution in [0.1, 0.15) is 11.1 Å². The first-order chi connectivity index (χ1) is 13.5. The molecule has 0 unspecified atom stereocenters. The molecule has 1 aromatic heterocycles. The normalized spacial score (nSPS) is 11.8. The van der Waals surface area contributed by atoms with Gasteiger partial charge in [-0.3, -0.25) is 4.98 Å². The van der Waals surface area contributed by atoms with Gasteiger partial charge in [0.1, 0.15) is 18.2 Å². The first kappa shape index (κ1) is 19.9. The van der Waals surface area contributed by atoms with Gasteiger partial charge in [0.15, 0.2) is 5.58 Å². The lowest BCUT2D eigenvalue weighted by molar-refractivity contribution is -0.143. The summed E-state index contributed by atoms with van der Waals surface area (Å²) in [5.41, 5.74) is 2.48. The van der Waals surface area contributed by atoms with E-state index in [-0.39, 0.29) is 13.0 Å². The molecule has 9 heteroatoms. The van der Waals surface area contributed by atoms with E-state index in [1.807, 2.05) is 30.3 Å². The van der Waals surface area contributed by atoms with Gasteiger partial charge in [-0.15, -0.1) is 0 Å². The molecule has 2 aromatic carbocycles. The Morgan fingerprint density at radius 1 is 1.21 bits per heavy atom. The smallest absolute Gasteiger partial charge is 0.417 e. The summed E-state index contributed by atoms with van der Waals surface area (Å²) in [5.74, 6) is -1.17. The van der Waals surface area contributed by atoms with Crippen LogP contribution in [0.4, 0.5) is 4.79 Å². The minimum absolute atomic E-state index is 0.0823. The Morgan fingerprint density at radius 3 is 2.68 bits per heavy atom. The van der Waals surface area contributed by atoms with E-state index in [9.17, 15) is 14.4 Å². The van der Waals surface area contributed by atoms with E-state index in [0.29, 0.717) is 16.7 Å². The van der Waals surface area contributed by atoms with E-state index in [2.05, 4.69) is 32.9 Å². The molecule has 0 bridgehead atoms. The van der Waals surface area contributed by atoms with E-state index in [4.69, 9.17) is 13.9 Å². The van der Waals surface area contributed by atoms with Gasteiger partial charge in [-0.05, 0) is 45.9 Å². The number of methoxy groups -OCH3 is 1. The third kappa shape index (κ3) is 4.91. The van der Waals surface area contributed by atoms with Crippen LogP contribution in [0.15, 0.2) is 51.7 Å². The monoisotopic (exact) mass is 496 g/mol. The van der Waals surface area contributed by atoms with Crippen molar-refractivity contribution in [3.8, 4) is 0 Å². The van der Waals surface area contributed by atoms with E-state index < -0.39 is 23.9 Å². The van der Waals surface area contributed by atoms with Gasteiger partial charge in [0, 0.05) is 9.99 Å². The number of alkyl carbamates (subject to hydrolysis) is 1. The molecule has 28 heavy (non-hydrogen) atoms. The summed E-state index contributed by atoms with van der Waals surface area (Å²) in [6, 6.07) is 11.7. The zero-order valence-electron chi connectivity index (χ0n) is 14.9. The van der Waals surface area contributed by atoms with Gasteiger partial charge in [0.05, 0.1) is 7.11 Å². The van der Waals surface area contributed by atoms with E-state index in [1.165, 1.54) is 7.11 Å². The summed E-state index contributed by atoms with van der Waals surface area (Å²) in [5, 5.41) is 2.52. The summed E-state index contributed by atoms with van der Waals surface area (Å²) in [7, 11) is 1.24. The van der Waals surface area contributed by atoms with Crippen LogP contribution in [0, 0.1) is 3.57 Å². The summed E-state index contributed by atoms with van der Waals surface area (Å²) in [6.45, 7) is 0.0823. The molecule has 1 amide bonds. The zero-order valence-corrected chi connectivity index (χ0v) is 17.0. The Labute approximate surface area is 173 Å². The van der Waals surface area contributed by atoms with Crippen molar-refractivity contribution in [3.63, 3.8) is 0 Å². The molecule has 2 N–H and O–H groups in total. The Morgan fingerprint density at radius 2 is 1.96 bits per heavy atom. The van der Waals surface area contributed by atoms with Crippen molar-refractivity contribution in [2.75, 3.05) is 7.11 Å². The number of carbonyl (C=O) groups is 2. The number of hydrogen-bond acceptors (Lipinski definition) is 6. The first-order valence-corrected chi connectivity index (χ1v) is 9.40.